The van der Waals surface area contributed by atoms with Gasteiger partial charge in [0.2, 0.25) is 27.6 Å². The molecule has 1 amide bonds. The molecule has 8 nitrogen and oxygen atoms in total. The molecule has 0 bridgehead atoms. The predicted molar refractivity (Wildman–Crippen MR) is 116 cm³/mol. The highest BCUT2D eigenvalue weighted by Gasteiger charge is 2.32. The number of benzene rings is 2. The fourth-order valence-corrected chi connectivity index (χ4v) is 5.20. The van der Waals surface area contributed by atoms with Crippen molar-refractivity contribution < 1.29 is 17.7 Å². The summed E-state index contributed by atoms with van der Waals surface area (Å²) in [5, 5.41) is 6.79. The fraction of sp³-hybridized carbons (Fsp3) is 0.318. The van der Waals surface area contributed by atoms with Gasteiger partial charge in [0, 0.05) is 37.2 Å². The molecule has 1 saturated heterocycles. The van der Waals surface area contributed by atoms with Gasteiger partial charge < -0.3 is 9.84 Å². The third kappa shape index (κ3) is 4.67. The molecule has 0 radical (unpaired) electrons. The Labute approximate surface area is 181 Å². The summed E-state index contributed by atoms with van der Waals surface area (Å²) >= 11 is 0. The summed E-state index contributed by atoms with van der Waals surface area (Å²) in [7, 11) is -3.68. The molecule has 0 spiro atoms. The van der Waals surface area contributed by atoms with Gasteiger partial charge >= 0.3 is 0 Å². The quantitative estimate of drug-likeness (QED) is 0.652. The topological polar surface area (TPSA) is 105 Å². The van der Waals surface area contributed by atoms with Gasteiger partial charge in [-0.1, -0.05) is 29.4 Å². The van der Waals surface area contributed by atoms with Crippen LogP contribution in [0.4, 0.5) is 5.69 Å². The Morgan fingerprint density at radius 3 is 2.52 bits per heavy atom. The van der Waals surface area contributed by atoms with Crippen LogP contribution in [0.25, 0.3) is 11.4 Å². The molecule has 0 atom stereocenters. The van der Waals surface area contributed by atoms with Crippen LogP contribution >= 0.6 is 0 Å². The van der Waals surface area contributed by atoms with E-state index in [1.165, 1.54) is 4.31 Å². The molecular weight excluding hydrogens is 416 g/mol. The standard InChI is InChI=1S/C22H24N4O4S/c1-15-5-3-7-19(13-15)24-22(27)17-9-11-26(12-10-17)31(28,29)20-8-4-6-18(14-20)21-23-16(2)30-25-21/h3-8,13-14,17H,9-12H2,1-2H3,(H,24,27). The van der Waals surface area contributed by atoms with Gasteiger partial charge in [-0.25, -0.2) is 8.42 Å². The monoisotopic (exact) mass is 440 g/mol. The van der Waals surface area contributed by atoms with Crippen LogP contribution in [-0.2, 0) is 14.8 Å². The van der Waals surface area contributed by atoms with Gasteiger partial charge in [0.05, 0.1) is 4.90 Å². The molecule has 1 aliphatic rings. The lowest BCUT2D eigenvalue weighted by Crippen LogP contribution is -2.41. The van der Waals surface area contributed by atoms with Crippen LogP contribution in [0.5, 0.6) is 0 Å². The summed E-state index contributed by atoms with van der Waals surface area (Å²) in [6.07, 6.45) is 0.946. The largest absolute Gasteiger partial charge is 0.339 e. The van der Waals surface area contributed by atoms with Crippen LogP contribution in [0.1, 0.15) is 24.3 Å². The van der Waals surface area contributed by atoms with E-state index < -0.39 is 10.0 Å². The minimum Gasteiger partial charge on any atom is -0.339 e. The van der Waals surface area contributed by atoms with Gasteiger partial charge in [0.25, 0.3) is 0 Å². The average Bonchev–Trinajstić information content (AvgIpc) is 3.20. The van der Waals surface area contributed by atoms with Crippen molar-refractivity contribution in [2.24, 2.45) is 5.92 Å². The zero-order valence-electron chi connectivity index (χ0n) is 17.4. The van der Waals surface area contributed by atoms with Gasteiger partial charge in [-0.05, 0) is 49.6 Å². The van der Waals surface area contributed by atoms with Crippen LogP contribution in [0.2, 0.25) is 0 Å². The number of nitrogens with zero attached hydrogens (tertiary/aromatic N) is 3. The van der Waals surface area contributed by atoms with Crippen molar-refractivity contribution >= 4 is 21.6 Å². The highest BCUT2D eigenvalue weighted by atomic mass is 32.2. The van der Waals surface area contributed by atoms with Gasteiger partial charge in [0.15, 0.2) is 0 Å². The third-order valence-corrected chi connectivity index (χ3v) is 7.26. The van der Waals surface area contributed by atoms with E-state index in [0.717, 1.165) is 11.3 Å². The molecule has 9 heteroatoms. The fourth-order valence-electron chi connectivity index (χ4n) is 3.69. The molecule has 0 unspecified atom stereocenters. The van der Waals surface area contributed by atoms with Crippen molar-refractivity contribution in [1.29, 1.82) is 0 Å². The number of piperidine rings is 1. The maximum absolute atomic E-state index is 13.1. The number of sulfonamides is 1. The first-order chi connectivity index (χ1) is 14.8. The highest BCUT2D eigenvalue weighted by molar-refractivity contribution is 7.89. The smallest absolute Gasteiger partial charge is 0.243 e. The number of anilines is 1. The second-order valence-electron chi connectivity index (χ2n) is 7.70. The maximum Gasteiger partial charge on any atom is 0.243 e. The van der Waals surface area contributed by atoms with Crippen LogP contribution in [0.3, 0.4) is 0 Å². The van der Waals surface area contributed by atoms with Crippen molar-refractivity contribution in [3.8, 4) is 11.4 Å². The Morgan fingerprint density at radius 1 is 1.10 bits per heavy atom. The molecule has 4 rings (SSSR count). The molecule has 1 aliphatic heterocycles. The summed E-state index contributed by atoms with van der Waals surface area (Å²) in [5.74, 6) is 0.466. The molecule has 2 aromatic carbocycles. The second kappa shape index (κ2) is 8.60. The molecule has 1 aromatic heterocycles. The van der Waals surface area contributed by atoms with Crippen LogP contribution < -0.4 is 5.32 Å². The Morgan fingerprint density at radius 2 is 1.84 bits per heavy atom. The van der Waals surface area contributed by atoms with Gasteiger partial charge in [-0.15, -0.1) is 0 Å². The van der Waals surface area contributed by atoms with Crippen molar-refractivity contribution in [3.05, 3.63) is 60.0 Å². The summed E-state index contributed by atoms with van der Waals surface area (Å²) in [5.41, 5.74) is 2.40. The highest BCUT2D eigenvalue weighted by Crippen LogP contribution is 2.27. The number of aryl methyl sites for hydroxylation is 2. The number of carbonyl (C=O) groups excluding carboxylic acids is 1. The Kier molecular flexibility index (Phi) is 5.88. The Balaban J connectivity index is 1.43. The number of carbonyl (C=O) groups is 1. The van der Waals surface area contributed by atoms with Crippen LogP contribution in [0, 0.1) is 19.8 Å². The van der Waals surface area contributed by atoms with Crippen LogP contribution in [0.15, 0.2) is 57.9 Å². The van der Waals surface area contributed by atoms with E-state index in [4.69, 9.17) is 4.52 Å². The SMILES string of the molecule is Cc1cccc(NC(=O)C2CCN(S(=O)(=O)c3cccc(-c4noc(C)n4)c3)CC2)c1. The number of amides is 1. The molecule has 0 aliphatic carbocycles. The summed E-state index contributed by atoms with van der Waals surface area (Å²) in [6.45, 7) is 4.23. The lowest BCUT2D eigenvalue weighted by molar-refractivity contribution is -0.120. The first kappa shape index (κ1) is 21.2. The zero-order valence-corrected chi connectivity index (χ0v) is 18.2. The number of nitrogens with one attached hydrogen (secondary N) is 1. The van der Waals surface area contributed by atoms with E-state index in [2.05, 4.69) is 15.5 Å². The predicted octanol–water partition coefficient (Wildman–Crippen LogP) is 3.39. The summed E-state index contributed by atoms with van der Waals surface area (Å²) in [4.78, 5) is 16.9. The Hall–Kier alpha value is -3.04. The normalized spacial score (nSPS) is 15.7. The molecule has 1 N–H and O–H groups in total. The van der Waals surface area contributed by atoms with E-state index in [0.29, 0.717) is 43.2 Å². The first-order valence-corrected chi connectivity index (χ1v) is 11.6. The number of aromatic nitrogens is 2. The average molecular weight is 441 g/mol. The number of hydrogen-bond donors (Lipinski definition) is 1. The molecule has 162 valence electrons. The van der Waals surface area contributed by atoms with E-state index in [1.807, 2.05) is 31.2 Å². The van der Waals surface area contributed by atoms with Gasteiger partial charge in [0.1, 0.15) is 0 Å². The van der Waals surface area contributed by atoms with E-state index in [9.17, 15) is 13.2 Å². The lowest BCUT2D eigenvalue weighted by atomic mass is 9.97. The number of hydrogen-bond acceptors (Lipinski definition) is 6. The van der Waals surface area contributed by atoms with E-state index in [-0.39, 0.29) is 16.7 Å². The Bertz CT molecular complexity index is 1200. The van der Waals surface area contributed by atoms with Crippen molar-refractivity contribution in [2.45, 2.75) is 31.6 Å². The van der Waals surface area contributed by atoms with E-state index >= 15 is 0 Å². The second-order valence-corrected chi connectivity index (χ2v) is 9.64. The molecule has 3 aromatic rings. The first-order valence-electron chi connectivity index (χ1n) is 10.1. The minimum atomic E-state index is -3.68. The minimum absolute atomic E-state index is 0.0721. The lowest BCUT2D eigenvalue weighted by Gasteiger charge is -2.30. The van der Waals surface area contributed by atoms with Crippen molar-refractivity contribution in [2.75, 3.05) is 18.4 Å². The van der Waals surface area contributed by atoms with Crippen molar-refractivity contribution in [1.82, 2.24) is 14.4 Å². The molecule has 31 heavy (non-hydrogen) atoms. The van der Waals surface area contributed by atoms with Crippen LogP contribution in [-0.4, -0.2) is 41.9 Å². The van der Waals surface area contributed by atoms with Gasteiger partial charge in [-0.2, -0.15) is 9.29 Å². The molecule has 0 saturated carbocycles. The molecule has 2 heterocycles. The zero-order chi connectivity index (χ0) is 22.0. The van der Waals surface area contributed by atoms with Gasteiger partial charge in [-0.3, -0.25) is 4.79 Å². The summed E-state index contributed by atoms with van der Waals surface area (Å²) in [6, 6.07) is 14.1. The maximum atomic E-state index is 13.1. The molecular formula is C22H24N4O4S. The third-order valence-electron chi connectivity index (χ3n) is 5.37. The van der Waals surface area contributed by atoms with Crippen molar-refractivity contribution in [3.63, 3.8) is 0 Å². The van der Waals surface area contributed by atoms with E-state index in [1.54, 1.807) is 31.2 Å². The summed E-state index contributed by atoms with van der Waals surface area (Å²) < 4.78 is 32.7. The molecule has 1 fully saturated rings. The number of rotatable bonds is 5.